The predicted molar refractivity (Wildman–Crippen MR) is 65.8 cm³/mol. The Bertz CT molecular complexity index is 700. The Morgan fingerprint density at radius 2 is 2.05 bits per heavy atom. The average Bonchev–Trinajstić information content (AvgIpc) is 2.36. The standard InChI is InChI=1S/C11H7ClF3N3O2/c12-8-9(19)17-4-18-10(8)20-7-2-1-5(16)3-6(7)11(13,14)15/h1-4H,16H2,(H,17,18,19). The monoisotopic (exact) mass is 305 g/mol. The van der Waals surface area contributed by atoms with Crippen LogP contribution in [-0.4, -0.2) is 9.97 Å². The molecule has 0 radical (unpaired) electrons. The lowest BCUT2D eigenvalue weighted by Gasteiger charge is -2.13. The summed E-state index contributed by atoms with van der Waals surface area (Å²) in [5, 5.41) is -0.447. The highest BCUT2D eigenvalue weighted by Gasteiger charge is 2.35. The van der Waals surface area contributed by atoms with Gasteiger partial charge >= 0.3 is 6.18 Å². The second kappa shape index (κ2) is 5.04. The third-order valence-electron chi connectivity index (χ3n) is 2.28. The average molecular weight is 306 g/mol. The summed E-state index contributed by atoms with van der Waals surface area (Å²) >= 11 is 5.60. The number of nitrogens with zero attached hydrogens (tertiary/aromatic N) is 1. The summed E-state index contributed by atoms with van der Waals surface area (Å²) in [6.45, 7) is 0. The van der Waals surface area contributed by atoms with Crippen LogP contribution in [-0.2, 0) is 6.18 Å². The van der Waals surface area contributed by atoms with Gasteiger partial charge in [-0.25, -0.2) is 4.98 Å². The Hall–Kier alpha value is -2.22. The molecule has 1 aromatic heterocycles. The maximum atomic E-state index is 12.9. The van der Waals surface area contributed by atoms with E-state index < -0.39 is 34.0 Å². The Morgan fingerprint density at radius 3 is 2.70 bits per heavy atom. The summed E-state index contributed by atoms with van der Waals surface area (Å²) in [5.74, 6) is -0.975. The Kier molecular flexibility index (Phi) is 3.58. The van der Waals surface area contributed by atoms with Crippen molar-refractivity contribution in [3.05, 3.63) is 45.5 Å². The molecule has 0 saturated heterocycles. The minimum Gasteiger partial charge on any atom is -0.437 e. The summed E-state index contributed by atoms with van der Waals surface area (Å²) in [5.41, 5.74) is 3.44. The number of nitrogens with one attached hydrogen (secondary N) is 1. The number of hydrogen-bond donors (Lipinski definition) is 2. The van der Waals surface area contributed by atoms with Crippen LogP contribution in [0, 0.1) is 0 Å². The van der Waals surface area contributed by atoms with Gasteiger partial charge < -0.3 is 15.5 Å². The number of rotatable bonds is 2. The fourth-order valence-electron chi connectivity index (χ4n) is 1.40. The van der Waals surface area contributed by atoms with Gasteiger partial charge in [-0.1, -0.05) is 11.6 Å². The number of alkyl halides is 3. The molecule has 2 rings (SSSR count). The number of nitrogens with two attached hydrogens (primary N) is 1. The van der Waals surface area contributed by atoms with Gasteiger partial charge in [0, 0.05) is 5.69 Å². The summed E-state index contributed by atoms with van der Waals surface area (Å²) in [6, 6.07) is 2.97. The second-order valence-electron chi connectivity index (χ2n) is 3.71. The molecule has 0 bridgehead atoms. The number of hydrogen-bond acceptors (Lipinski definition) is 4. The van der Waals surface area contributed by atoms with Gasteiger partial charge in [-0.2, -0.15) is 13.2 Å². The normalized spacial score (nSPS) is 11.4. The fourth-order valence-corrected chi connectivity index (χ4v) is 1.54. The van der Waals surface area contributed by atoms with E-state index in [1.807, 2.05) is 0 Å². The lowest BCUT2D eigenvalue weighted by molar-refractivity contribution is -0.138. The predicted octanol–water partition coefficient (Wildman–Crippen LogP) is 2.82. The van der Waals surface area contributed by atoms with Crippen molar-refractivity contribution in [1.29, 1.82) is 0 Å². The minimum absolute atomic E-state index is 0.0744. The van der Waals surface area contributed by atoms with Crippen LogP contribution < -0.4 is 16.0 Å². The number of nitrogen functional groups attached to an aromatic ring is 1. The number of anilines is 1. The molecule has 0 amide bonds. The summed E-state index contributed by atoms with van der Waals surface area (Å²) < 4.78 is 43.5. The van der Waals surface area contributed by atoms with E-state index in [1.54, 1.807) is 0 Å². The third-order valence-corrected chi connectivity index (χ3v) is 2.61. The van der Waals surface area contributed by atoms with Gasteiger partial charge in [0.2, 0.25) is 5.88 Å². The van der Waals surface area contributed by atoms with Crippen LogP contribution in [0.1, 0.15) is 5.56 Å². The topological polar surface area (TPSA) is 81.0 Å². The quantitative estimate of drug-likeness (QED) is 0.836. The highest BCUT2D eigenvalue weighted by Crippen LogP contribution is 2.39. The molecule has 0 aliphatic heterocycles. The summed E-state index contributed by atoms with van der Waals surface area (Å²) in [6.07, 6.45) is -3.70. The van der Waals surface area contributed by atoms with Crippen molar-refractivity contribution in [2.75, 3.05) is 5.73 Å². The van der Waals surface area contributed by atoms with Gasteiger partial charge in [0.25, 0.3) is 5.56 Å². The van der Waals surface area contributed by atoms with Crippen molar-refractivity contribution >= 4 is 17.3 Å². The van der Waals surface area contributed by atoms with Gasteiger partial charge in [0.05, 0.1) is 6.33 Å². The molecule has 0 unspecified atom stereocenters. The summed E-state index contributed by atoms with van der Waals surface area (Å²) in [7, 11) is 0. The smallest absolute Gasteiger partial charge is 0.420 e. The van der Waals surface area contributed by atoms with Crippen LogP contribution in [0.25, 0.3) is 0 Å². The highest BCUT2D eigenvalue weighted by atomic mass is 35.5. The SMILES string of the molecule is Nc1ccc(Oc2nc[nH]c(=O)c2Cl)c(C(F)(F)F)c1. The van der Waals surface area contributed by atoms with E-state index >= 15 is 0 Å². The van der Waals surface area contributed by atoms with E-state index in [0.29, 0.717) is 0 Å². The van der Waals surface area contributed by atoms with Crippen LogP contribution >= 0.6 is 11.6 Å². The largest absolute Gasteiger partial charge is 0.437 e. The lowest BCUT2D eigenvalue weighted by atomic mass is 10.1. The van der Waals surface area contributed by atoms with E-state index in [0.717, 1.165) is 18.5 Å². The van der Waals surface area contributed by atoms with Gasteiger partial charge in [-0.3, -0.25) is 4.79 Å². The molecule has 106 valence electrons. The first kappa shape index (κ1) is 14.2. The second-order valence-corrected chi connectivity index (χ2v) is 4.08. The Morgan fingerprint density at radius 1 is 1.35 bits per heavy atom. The van der Waals surface area contributed by atoms with Crippen LogP contribution in [0.3, 0.4) is 0 Å². The molecule has 0 aliphatic rings. The fraction of sp³-hybridized carbons (Fsp3) is 0.0909. The first-order valence-electron chi connectivity index (χ1n) is 5.17. The third kappa shape index (κ3) is 2.85. The van der Waals surface area contributed by atoms with Crippen molar-refractivity contribution < 1.29 is 17.9 Å². The van der Waals surface area contributed by atoms with Crippen molar-refractivity contribution in [3.8, 4) is 11.6 Å². The molecular weight excluding hydrogens is 299 g/mol. The van der Waals surface area contributed by atoms with E-state index in [9.17, 15) is 18.0 Å². The number of ether oxygens (including phenoxy) is 1. The zero-order valence-corrected chi connectivity index (χ0v) is 10.4. The van der Waals surface area contributed by atoms with Crippen LogP contribution in [0.5, 0.6) is 11.6 Å². The minimum atomic E-state index is -4.67. The van der Waals surface area contributed by atoms with E-state index in [2.05, 4.69) is 9.97 Å². The van der Waals surface area contributed by atoms with E-state index in [4.69, 9.17) is 22.1 Å². The molecule has 20 heavy (non-hydrogen) atoms. The molecule has 3 N–H and O–H groups in total. The Labute approximate surface area is 115 Å². The number of benzene rings is 1. The maximum Gasteiger partial charge on any atom is 0.420 e. The molecule has 0 aliphatic carbocycles. The van der Waals surface area contributed by atoms with Crippen LogP contribution in [0.15, 0.2) is 29.3 Å². The first-order chi connectivity index (χ1) is 9.29. The van der Waals surface area contributed by atoms with E-state index in [-0.39, 0.29) is 5.69 Å². The van der Waals surface area contributed by atoms with Crippen LogP contribution in [0.2, 0.25) is 5.02 Å². The molecule has 0 fully saturated rings. The van der Waals surface area contributed by atoms with Crippen molar-refractivity contribution in [2.24, 2.45) is 0 Å². The first-order valence-corrected chi connectivity index (χ1v) is 5.54. The molecule has 1 heterocycles. The lowest BCUT2D eigenvalue weighted by Crippen LogP contribution is -2.11. The molecule has 2 aromatic rings. The molecule has 5 nitrogen and oxygen atoms in total. The molecular formula is C11H7ClF3N3O2. The van der Waals surface area contributed by atoms with E-state index in [1.165, 1.54) is 6.07 Å². The number of halogens is 4. The highest BCUT2D eigenvalue weighted by molar-refractivity contribution is 6.31. The van der Waals surface area contributed by atoms with Crippen molar-refractivity contribution in [1.82, 2.24) is 9.97 Å². The number of aromatic nitrogens is 2. The molecule has 0 atom stereocenters. The van der Waals surface area contributed by atoms with Gasteiger partial charge in [0.1, 0.15) is 11.3 Å². The van der Waals surface area contributed by atoms with Crippen molar-refractivity contribution in [2.45, 2.75) is 6.18 Å². The van der Waals surface area contributed by atoms with Gasteiger partial charge in [-0.15, -0.1) is 0 Å². The Balaban J connectivity index is 2.49. The summed E-state index contributed by atoms with van der Waals surface area (Å²) in [4.78, 5) is 16.9. The molecule has 0 spiro atoms. The van der Waals surface area contributed by atoms with Gasteiger partial charge in [0.15, 0.2) is 5.02 Å². The number of H-pyrrole nitrogens is 1. The maximum absolute atomic E-state index is 12.9. The number of aromatic amines is 1. The van der Waals surface area contributed by atoms with Crippen LogP contribution in [0.4, 0.5) is 18.9 Å². The molecule has 1 aromatic carbocycles. The zero-order chi connectivity index (χ0) is 14.9. The molecule has 0 saturated carbocycles. The van der Waals surface area contributed by atoms with Crippen molar-refractivity contribution in [3.63, 3.8) is 0 Å². The molecule has 9 heteroatoms. The zero-order valence-electron chi connectivity index (χ0n) is 9.66. The van der Waals surface area contributed by atoms with Gasteiger partial charge in [-0.05, 0) is 18.2 Å².